The largest absolute Gasteiger partial charge is 0.342 e. The van der Waals surface area contributed by atoms with E-state index in [0.29, 0.717) is 0 Å². The average molecular weight is 170 g/mol. The van der Waals surface area contributed by atoms with Crippen LogP contribution in [0.25, 0.3) is 0 Å². The normalized spacial score (nSPS) is 20.8. The highest BCUT2D eigenvalue weighted by molar-refractivity contribution is 7.84. The molecule has 1 heterocycles. The predicted octanol–water partition coefficient (Wildman–Crippen LogP) is 1.95. The summed E-state index contributed by atoms with van der Waals surface area (Å²) in [5.74, 6) is 0. The second-order valence-corrected chi connectivity index (χ2v) is 3.22. The fraction of sp³-hybridized carbons (Fsp3) is 0.625. The first kappa shape index (κ1) is 8.65. The summed E-state index contributed by atoms with van der Waals surface area (Å²) < 4.78 is 0. The molecule has 0 amide bonds. The van der Waals surface area contributed by atoms with Gasteiger partial charge in [0.2, 0.25) is 0 Å². The molecule has 1 N–H and O–H groups in total. The molecular formula is C8H14N2S. The molecule has 0 unspecified atom stereocenters. The number of nitrogens with zero attached hydrogens (tertiary/aromatic N) is 1. The molecule has 0 aromatic carbocycles. The summed E-state index contributed by atoms with van der Waals surface area (Å²) in [7, 11) is 0. The summed E-state index contributed by atoms with van der Waals surface area (Å²) in [4.78, 5) is 4.39. The topological polar surface area (TPSA) is 24.4 Å². The molecule has 1 rings (SSSR count). The van der Waals surface area contributed by atoms with Crippen molar-refractivity contribution >= 4 is 19.0 Å². The van der Waals surface area contributed by atoms with Gasteiger partial charge in [-0.25, -0.2) is 0 Å². The van der Waals surface area contributed by atoms with Crippen molar-refractivity contribution < 1.29 is 0 Å². The van der Waals surface area contributed by atoms with Crippen molar-refractivity contribution in [2.45, 2.75) is 32.2 Å². The van der Waals surface area contributed by atoms with E-state index in [0.717, 1.165) is 17.9 Å². The minimum atomic E-state index is 0.00231. The minimum absolute atomic E-state index is 0.00231. The molecule has 0 bridgehead atoms. The summed E-state index contributed by atoms with van der Waals surface area (Å²) in [5, 5.41) is 3.85. The van der Waals surface area contributed by atoms with E-state index in [4.69, 9.17) is 0 Å². The lowest BCUT2D eigenvalue weighted by molar-refractivity contribution is 0.490. The smallest absolute Gasteiger partial charge is 0.0882 e. The Morgan fingerprint density at radius 1 is 1.55 bits per heavy atom. The predicted molar refractivity (Wildman–Crippen MR) is 52.0 cm³/mol. The van der Waals surface area contributed by atoms with E-state index in [1.54, 1.807) is 6.34 Å². The highest BCUT2D eigenvalue weighted by Crippen LogP contribution is 2.25. The third-order valence-electron chi connectivity index (χ3n) is 2.16. The third-order valence-corrected chi connectivity index (χ3v) is 2.42. The van der Waals surface area contributed by atoms with Gasteiger partial charge in [0.15, 0.2) is 0 Å². The summed E-state index contributed by atoms with van der Waals surface area (Å²) in [6, 6.07) is 0. The fourth-order valence-electron chi connectivity index (χ4n) is 1.20. The Morgan fingerprint density at radius 3 is 2.55 bits per heavy atom. The quantitative estimate of drug-likeness (QED) is 0.608. The van der Waals surface area contributed by atoms with E-state index in [9.17, 15) is 0 Å². The highest BCUT2D eigenvalue weighted by atomic mass is 32.1. The molecule has 0 fully saturated rings. The van der Waals surface area contributed by atoms with Crippen molar-refractivity contribution in [2.24, 2.45) is 4.99 Å². The van der Waals surface area contributed by atoms with Crippen LogP contribution in [0.15, 0.2) is 16.1 Å². The van der Waals surface area contributed by atoms with Gasteiger partial charge in [0.25, 0.3) is 0 Å². The zero-order valence-corrected chi connectivity index (χ0v) is 7.86. The molecule has 0 saturated carbocycles. The van der Waals surface area contributed by atoms with Crippen molar-refractivity contribution in [2.75, 3.05) is 0 Å². The van der Waals surface area contributed by atoms with Crippen LogP contribution < -0.4 is 5.32 Å². The number of hydrogen-bond donors (Lipinski definition) is 2. The van der Waals surface area contributed by atoms with Crippen LogP contribution in [0.1, 0.15) is 26.7 Å². The Hall–Kier alpha value is -0.440. The molecule has 0 radical (unpaired) electrons. The van der Waals surface area contributed by atoms with Gasteiger partial charge in [0, 0.05) is 0 Å². The molecule has 2 nitrogen and oxygen atoms in total. The second-order valence-electron chi connectivity index (χ2n) is 2.74. The van der Waals surface area contributed by atoms with Gasteiger partial charge in [-0.05, 0) is 18.9 Å². The summed E-state index contributed by atoms with van der Waals surface area (Å²) in [5.41, 5.74) is 0.00231. The minimum Gasteiger partial charge on any atom is -0.342 e. The number of hydrogen-bond acceptors (Lipinski definition) is 3. The van der Waals surface area contributed by atoms with Crippen LogP contribution in [0.3, 0.4) is 0 Å². The van der Waals surface area contributed by atoms with E-state index in [1.807, 2.05) is 0 Å². The Bertz CT molecular complexity index is 192. The Labute approximate surface area is 73.2 Å². The van der Waals surface area contributed by atoms with E-state index < -0.39 is 0 Å². The molecule has 0 aromatic rings. The van der Waals surface area contributed by atoms with Crippen molar-refractivity contribution in [3.8, 4) is 0 Å². The third kappa shape index (κ3) is 1.77. The van der Waals surface area contributed by atoms with Crippen LogP contribution >= 0.6 is 12.6 Å². The first-order chi connectivity index (χ1) is 5.22. The first-order valence-corrected chi connectivity index (χ1v) is 4.39. The lowest BCUT2D eigenvalue weighted by Gasteiger charge is -2.26. The van der Waals surface area contributed by atoms with Gasteiger partial charge in [-0.1, -0.05) is 13.8 Å². The molecule has 1 aliphatic rings. The molecule has 0 saturated heterocycles. The number of thiol groups is 1. The van der Waals surface area contributed by atoms with Crippen LogP contribution in [0.5, 0.6) is 0 Å². The van der Waals surface area contributed by atoms with Crippen LogP contribution in [0, 0.1) is 0 Å². The lowest BCUT2D eigenvalue weighted by Crippen LogP contribution is -2.29. The maximum absolute atomic E-state index is 4.39. The molecule has 11 heavy (non-hydrogen) atoms. The van der Waals surface area contributed by atoms with Crippen LogP contribution in [-0.4, -0.2) is 11.9 Å². The lowest BCUT2D eigenvalue weighted by atomic mass is 9.93. The molecule has 0 atom stereocenters. The molecular weight excluding hydrogens is 156 g/mol. The van der Waals surface area contributed by atoms with Crippen molar-refractivity contribution in [1.82, 2.24) is 5.32 Å². The monoisotopic (exact) mass is 170 g/mol. The molecule has 0 aliphatic carbocycles. The van der Waals surface area contributed by atoms with E-state index in [2.05, 4.69) is 42.9 Å². The van der Waals surface area contributed by atoms with Gasteiger partial charge >= 0.3 is 0 Å². The molecule has 0 spiro atoms. The van der Waals surface area contributed by atoms with Gasteiger partial charge in [0.05, 0.1) is 16.9 Å². The average Bonchev–Trinajstić information content (AvgIpc) is 2.04. The van der Waals surface area contributed by atoms with Crippen LogP contribution in [-0.2, 0) is 0 Å². The molecule has 0 aromatic heterocycles. The first-order valence-electron chi connectivity index (χ1n) is 3.94. The van der Waals surface area contributed by atoms with Gasteiger partial charge in [-0.15, -0.1) is 12.6 Å². The highest BCUT2D eigenvalue weighted by Gasteiger charge is 2.23. The van der Waals surface area contributed by atoms with Gasteiger partial charge in [-0.3, -0.25) is 4.99 Å². The molecule has 62 valence electrons. The van der Waals surface area contributed by atoms with E-state index in [1.165, 1.54) is 0 Å². The van der Waals surface area contributed by atoms with Gasteiger partial charge in [0.1, 0.15) is 0 Å². The van der Waals surface area contributed by atoms with Gasteiger partial charge < -0.3 is 5.32 Å². The maximum atomic E-state index is 4.39. The Balaban J connectivity index is 2.82. The summed E-state index contributed by atoms with van der Waals surface area (Å²) in [6.45, 7) is 4.29. The SMILES string of the molecule is CCC1(CC)C=C(S)NC=N1. The number of rotatable bonds is 2. The second kappa shape index (κ2) is 3.30. The fourth-order valence-corrected chi connectivity index (χ4v) is 1.50. The van der Waals surface area contributed by atoms with E-state index in [-0.39, 0.29) is 5.54 Å². The summed E-state index contributed by atoms with van der Waals surface area (Å²) >= 11 is 4.24. The standard InChI is InChI=1S/C8H14N2S/c1-3-8(4-2)5-7(11)9-6-10-8/h5-6,11H,3-4H2,1-2H3,(H,9,10). The van der Waals surface area contributed by atoms with Crippen molar-refractivity contribution in [3.05, 3.63) is 11.1 Å². The van der Waals surface area contributed by atoms with Gasteiger partial charge in [-0.2, -0.15) is 0 Å². The molecule has 1 aliphatic heterocycles. The molecule has 3 heteroatoms. The Kier molecular flexibility index (Phi) is 2.60. The Morgan fingerprint density at radius 2 is 2.18 bits per heavy atom. The maximum Gasteiger partial charge on any atom is 0.0882 e. The van der Waals surface area contributed by atoms with Crippen molar-refractivity contribution in [1.29, 1.82) is 0 Å². The zero-order chi connectivity index (χ0) is 8.32. The van der Waals surface area contributed by atoms with Crippen LogP contribution in [0.4, 0.5) is 0 Å². The van der Waals surface area contributed by atoms with Crippen LogP contribution in [0.2, 0.25) is 0 Å². The van der Waals surface area contributed by atoms with Crippen molar-refractivity contribution in [3.63, 3.8) is 0 Å². The van der Waals surface area contributed by atoms with E-state index >= 15 is 0 Å². The summed E-state index contributed by atoms with van der Waals surface area (Å²) in [6.07, 6.45) is 5.88. The zero-order valence-electron chi connectivity index (χ0n) is 6.96. The number of aliphatic imine (C=N–C) groups is 1. The number of nitrogens with one attached hydrogen (secondary N) is 1.